The molecule has 0 radical (unpaired) electrons. The van der Waals surface area contributed by atoms with Crippen molar-refractivity contribution < 1.29 is 22.7 Å². The lowest BCUT2D eigenvalue weighted by Crippen LogP contribution is -2.52. The van der Waals surface area contributed by atoms with E-state index in [1.165, 1.54) is 24.8 Å². The van der Waals surface area contributed by atoms with Gasteiger partial charge in [-0.3, -0.25) is 9.69 Å². The van der Waals surface area contributed by atoms with Crippen LogP contribution < -0.4 is 4.74 Å². The second-order valence-corrected chi connectivity index (χ2v) is 6.55. The first-order valence-corrected chi connectivity index (χ1v) is 8.66. The summed E-state index contributed by atoms with van der Waals surface area (Å²) in [7, 11) is 0. The number of benzene rings is 1. The highest BCUT2D eigenvalue weighted by Gasteiger charge is 2.33. The predicted octanol–water partition coefficient (Wildman–Crippen LogP) is 2.45. The van der Waals surface area contributed by atoms with Crippen LogP contribution in [0.1, 0.15) is 29.2 Å². The summed E-state index contributed by atoms with van der Waals surface area (Å²) in [5.41, 5.74) is 0.203. The van der Waals surface area contributed by atoms with Gasteiger partial charge in [0.25, 0.3) is 5.91 Å². The molecule has 0 saturated carbocycles. The molecule has 1 aromatic heterocycles. The third-order valence-corrected chi connectivity index (χ3v) is 4.91. The fraction of sp³-hybridized carbons (Fsp3) is 0.444. The van der Waals surface area contributed by atoms with Crippen LogP contribution in [-0.4, -0.2) is 52.9 Å². The molecule has 26 heavy (non-hydrogen) atoms. The van der Waals surface area contributed by atoms with Gasteiger partial charge in [-0.2, -0.15) is 4.39 Å². The fourth-order valence-corrected chi connectivity index (χ4v) is 3.55. The lowest BCUT2D eigenvalue weighted by Gasteiger charge is -2.37. The third kappa shape index (κ3) is 3.29. The standard InChI is InChI=1S/C18H19F2N3O3/c19-13-4-1-5-15(17(13)20)25-11-16-21-14(10-26-16)18(24)23-8-7-22-6-2-3-12(22)9-23/h1,4-5,10,12H,2-3,6-9,11H2/t12-/m0/s1. The molecule has 2 aromatic rings. The highest BCUT2D eigenvalue weighted by atomic mass is 19.2. The molecule has 1 amide bonds. The van der Waals surface area contributed by atoms with Gasteiger partial charge in [0, 0.05) is 25.7 Å². The van der Waals surface area contributed by atoms with Gasteiger partial charge in [0.05, 0.1) is 0 Å². The molecule has 1 aromatic carbocycles. The first-order chi connectivity index (χ1) is 12.6. The maximum absolute atomic E-state index is 13.6. The van der Waals surface area contributed by atoms with Crippen LogP contribution in [0.5, 0.6) is 5.75 Å². The van der Waals surface area contributed by atoms with Crippen LogP contribution in [0.3, 0.4) is 0 Å². The van der Waals surface area contributed by atoms with Crippen molar-refractivity contribution in [1.82, 2.24) is 14.8 Å². The third-order valence-electron chi connectivity index (χ3n) is 4.91. The summed E-state index contributed by atoms with van der Waals surface area (Å²) in [5.74, 6) is -2.32. The Morgan fingerprint density at radius 1 is 1.31 bits per heavy atom. The van der Waals surface area contributed by atoms with Gasteiger partial charge in [0.15, 0.2) is 23.9 Å². The van der Waals surface area contributed by atoms with Crippen LogP contribution in [0, 0.1) is 11.6 Å². The average molecular weight is 363 g/mol. The van der Waals surface area contributed by atoms with Gasteiger partial charge in [-0.05, 0) is 31.5 Å². The Kier molecular flexibility index (Phi) is 4.58. The number of hydrogen-bond acceptors (Lipinski definition) is 5. The molecule has 138 valence electrons. The van der Waals surface area contributed by atoms with Crippen molar-refractivity contribution in [3.63, 3.8) is 0 Å². The maximum Gasteiger partial charge on any atom is 0.275 e. The normalized spacial score (nSPS) is 20.2. The minimum Gasteiger partial charge on any atom is -0.481 e. The van der Waals surface area contributed by atoms with Gasteiger partial charge in [0.2, 0.25) is 11.7 Å². The van der Waals surface area contributed by atoms with Crippen molar-refractivity contribution in [2.24, 2.45) is 0 Å². The minimum atomic E-state index is -1.07. The van der Waals surface area contributed by atoms with Crippen LogP contribution in [-0.2, 0) is 6.61 Å². The predicted molar refractivity (Wildman–Crippen MR) is 87.7 cm³/mol. The molecule has 6 nitrogen and oxygen atoms in total. The number of aromatic nitrogens is 1. The van der Waals surface area contributed by atoms with Gasteiger partial charge in [0.1, 0.15) is 6.26 Å². The first-order valence-electron chi connectivity index (χ1n) is 8.66. The van der Waals surface area contributed by atoms with Gasteiger partial charge >= 0.3 is 0 Å². The molecular formula is C18H19F2N3O3. The summed E-state index contributed by atoms with van der Waals surface area (Å²) in [6.07, 6.45) is 3.57. The first kappa shape index (κ1) is 17.0. The second kappa shape index (κ2) is 7.03. The summed E-state index contributed by atoms with van der Waals surface area (Å²) < 4.78 is 37.2. The highest BCUT2D eigenvalue weighted by Crippen LogP contribution is 2.23. The van der Waals surface area contributed by atoms with Crippen LogP contribution in [0.15, 0.2) is 28.9 Å². The number of oxazole rings is 1. The molecule has 2 fully saturated rings. The van der Waals surface area contributed by atoms with Crippen molar-refractivity contribution in [3.8, 4) is 5.75 Å². The average Bonchev–Trinajstić information content (AvgIpc) is 3.30. The van der Waals surface area contributed by atoms with Crippen LogP contribution >= 0.6 is 0 Å². The van der Waals surface area contributed by atoms with Crippen LogP contribution in [0.4, 0.5) is 8.78 Å². The Morgan fingerprint density at radius 2 is 2.19 bits per heavy atom. The zero-order valence-electron chi connectivity index (χ0n) is 14.2. The second-order valence-electron chi connectivity index (χ2n) is 6.55. The number of hydrogen-bond donors (Lipinski definition) is 0. The van der Waals surface area contributed by atoms with E-state index in [4.69, 9.17) is 9.15 Å². The van der Waals surface area contributed by atoms with Crippen molar-refractivity contribution >= 4 is 5.91 Å². The quantitative estimate of drug-likeness (QED) is 0.835. The number of ether oxygens (including phenoxy) is 1. The van der Waals surface area contributed by atoms with E-state index in [2.05, 4.69) is 9.88 Å². The van der Waals surface area contributed by atoms with Crippen molar-refractivity contribution in [2.75, 3.05) is 26.2 Å². The zero-order valence-corrected chi connectivity index (χ0v) is 14.2. The zero-order chi connectivity index (χ0) is 18.1. The maximum atomic E-state index is 13.6. The Labute approximate surface area is 149 Å². The molecule has 0 aliphatic carbocycles. The van der Waals surface area contributed by atoms with E-state index in [1.54, 1.807) is 4.90 Å². The summed E-state index contributed by atoms with van der Waals surface area (Å²) >= 11 is 0. The molecule has 0 spiro atoms. The van der Waals surface area contributed by atoms with Gasteiger partial charge < -0.3 is 14.1 Å². The smallest absolute Gasteiger partial charge is 0.275 e. The van der Waals surface area contributed by atoms with E-state index < -0.39 is 11.6 Å². The minimum absolute atomic E-state index is 0.136. The van der Waals surface area contributed by atoms with E-state index in [-0.39, 0.29) is 29.8 Å². The fourth-order valence-electron chi connectivity index (χ4n) is 3.55. The Bertz CT molecular complexity index is 811. The number of carbonyl (C=O) groups is 1. The molecule has 0 N–H and O–H groups in total. The summed E-state index contributed by atoms with van der Waals surface area (Å²) in [5, 5.41) is 0. The van der Waals surface area contributed by atoms with Gasteiger partial charge in [-0.25, -0.2) is 9.37 Å². The lowest BCUT2D eigenvalue weighted by molar-refractivity contribution is 0.0565. The van der Waals surface area contributed by atoms with E-state index >= 15 is 0 Å². The molecular weight excluding hydrogens is 344 g/mol. The number of rotatable bonds is 4. The molecule has 3 heterocycles. The Morgan fingerprint density at radius 3 is 3.08 bits per heavy atom. The molecule has 2 aliphatic rings. The van der Waals surface area contributed by atoms with Gasteiger partial charge in [-0.15, -0.1) is 0 Å². The number of fused-ring (bicyclic) bond motifs is 1. The number of nitrogens with zero attached hydrogens (tertiary/aromatic N) is 3. The molecule has 0 bridgehead atoms. The topological polar surface area (TPSA) is 58.8 Å². The lowest BCUT2D eigenvalue weighted by atomic mass is 10.1. The molecule has 2 aliphatic heterocycles. The van der Waals surface area contributed by atoms with Crippen LogP contribution in [0.2, 0.25) is 0 Å². The summed E-state index contributed by atoms with van der Waals surface area (Å²) in [6.45, 7) is 3.16. The number of piperazine rings is 1. The summed E-state index contributed by atoms with van der Waals surface area (Å²) in [4.78, 5) is 20.9. The molecule has 1 atom stereocenters. The van der Waals surface area contributed by atoms with E-state index in [9.17, 15) is 13.6 Å². The number of carbonyl (C=O) groups excluding carboxylic acids is 1. The molecule has 8 heteroatoms. The van der Waals surface area contributed by atoms with E-state index in [1.807, 2.05) is 0 Å². The van der Waals surface area contributed by atoms with Crippen molar-refractivity contribution in [1.29, 1.82) is 0 Å². The van der Waals surface area contributed by atoms with Crippen molar-refractivity contribution in [2.45, 2.75) is 25.5 Å². The number of amides is 1. The molecule has 0 unspecified atom stereocenters. The Hall–Kier alpha value is -2.48. The van der Waals surface area contributed by atoms with E-state index in [0.717, 1.165) is 25.6 Å². The van der Waals surface area contributed by atoms with E-state index in [0.29, 0.717) is 19.1 Å². The Balaban J connectivity index is 1.38. The molecule has 2 saturated heterocycles. The largest absolute Gasteiger partial charge is 0.481 e. The number of halogens is 2. The van der Waals surface area contributed by atoms with Gasteiger partial charge in [-0.1, -0.05) is 6.07 Å². The summed E-state index contributed by atoms with van der Waals surface area (Å²) in [6, 6.07) is 4.10. The SMILES string of the molecule is O=C(c1coc(COc2cccc(F)c2F)n1)N1CCN2CCC[C@H]2C1. The van der Waals surface area contributed by atoms with Crippen molar-refractivity contribution in [3.05, 3.63) is 47.7 Å². The highest BCUT2D eigenvalue weighted by molar-refractivity contribution is 5.92. The molecule has 4 rings (SSSR count). The van der Waals surface area contributed by atoms with Crippen LogP contribution in [0.25, 0.3) is 0 Å². The monoisotopic (exact) mass is 363 g/mol.